The van der Waals surface area contributed by atoms with E-state index in [1.807, 2.05) is 0 Å². The van der Waals surface area contributed by atoms with Gasteiger partial charge in [-0.3, -0.25) is 9.59 Å². The number of aliphatic hydroxyl groups is 1. The van der Waals surface area contributed by atoms with E-state index in [1.165, 1.54) is 12.3 Å². The minimum Gasteiger partial charge on any atom is -0.487 e. The normalized spacial score (nSPS) is 15.2. The van der Waals surface area contributed by atoms with Gasteiger partial charge in [0.2, 0.25) is 11.3 Å². The highest BCUT2D eigenvalue weighted by molar-refractivity contribution is 5.76. The van der Waals surface area contributed by atoms with E-state index in [1.54, 1.807) is 4.90 Å². The second-order valence-electron chi connectivity index (χ2n) is 4.44. The number of nitrogens with zero attached hydrogens (tertiary/aromatic N) is 1. The Morgan fingerprint density at radius 2 is 2.20 bits per heavy atom. The molecule has 0 radical (unpaired) electrons. The van der Waals surface area contributed by atoms with Crippen LogP contribution < -0.4 is 10.2 Å². The van der Waals surface area contributed by atoms with Crippen LogP contribution in [0.15, 0.2) is 17.1 Å². The molecule has 7 heteroatoms. The van der Waals surface area contributed by atoms with Gasteiger partial charge in [0.25, 0.3) is 0 Å². The molecule has 0 bridgehead atoms. The summed E-state index contributed by atoms with van der Waals surface area (Å²) in [5.74, 6) is 0.147. The van der Waals surface area contributed by atoms with Gasteiger partial charge < -0.3 is 24.5 Å². The summed E-state index contributed by atoms with van der Waals surface area (Å²) in [7, 11) is 0. The molecule has 0 unspecified atom stereocenters. The lowest BCUT2D eigenvalue weighted by Crippen LogP contribution is -2.41. The summed E-state index contributed by atoms with van der Waals surface area (Å²) in [6.07, 6.45) is 1.62. The molecule has 20 heavy (non-hydrogen) atoms. The average Bonchev–Trinajstić information content (AvgIpc) is 2.49. The van der Waals surface area contributed by atoms with Crippen LogP contribution in [0.3, 0.4) is 0 Å². The molecule has 0 saturated carbocycles. The SMILES string of the molecule is O=C(CCOc1c[nH]c(CO)cc1=O)N1CCOCC1. The first-order valence-electron chi connectivity index (χ1n) is 6.51. The Morgan fingerprint density at radius 1 is 1.45 bits per heavy atom. The maximum absolute atomic E-state index is 11.8. The van der Waals surface area contributed by atoms with E-state index in [-0.39, 0.29) is 36.7 Å². The zero-order valence-corrected chi connectivity index (χ0v) is 11.1. The van der Waals surface area contributed by atoms with Crippen LogP contribution in [-0.4, -0.2) is 53.8 Å². The van der Waals surface area contributed by atoms with E-state index in [0.717, 1.165) is 0 Å². The van der Waals surface area contributed by atoms with E-state index in [4.69, 9.17) is 14.6 Å². The van der Waals surface area contributed by atoms with Gasteiger partial charge in [0.05, 0.1) is 32.8 Å². The van der Waals surface area contributed by atoms with Crippen molar-refractivity contribution < 1.29 is 19.4 Å². The second-order valence-corrected chi connectivity index (χ2v) is 4.44. The van der Waals surface area contributed by atoms with E-state index in [9.17, 15) is 9.59 Å². The van der Waals surface area contributed by atoms with Crippen LogP contribution in [0.5, 0.6) is 5.75 Å². The highest BCUT2D eigenvalue weighted by atomic mass is 16.5. The minimum atomic E-state index is -0.313. The molecular weight excluding hydrogens is 264 g/mol. The standard InChI is InChI=1S/C13H18N2O5/c16-9-10-7-11(17)12(8-14-10)20-4-1-13(18)15-2-5-19-6-3-15/h7-8,16H,1-6,9H2,(H,14,17). The maximum Gasteiger partial charge on any atom is 0.226 e. The Kier molecular flexibility index (Phi) is 5.14. The van der Waals surface area contributed by atoms with Crippen molar-refractivity contribution in [1.82, 2.24) is 9.88 Å². The number of pyridine rings is 1. The zero-order chi connectivity index (χ0) is 14.4. The van der Waals surface area contributed by atoms with Crippen molar-refractivity contribution in [1.29, 1.82) is 0 Å². The smallest absolute Gasteiger partial charge is 0.226 e. The van der Waals surface area contributed by atoms with Crippen molar-refractivity contribution in [3.63, 3.8) is 0 Å². The van der Waals surface area contributed by atoms with Gasteiger partial charge in [-0.15, -0.1) is 0 Å². The summed E-state index contributed by atoms with van der Waals surface area (Å²) < 4.78 is 10.5. The molecule has 1 aromatic rings. The van der Waals surface area contributed by atoms with Crippen LogP contribution in [0.25, 0.3) is 0 Å². The fourth-order valence-electron chi connectivity index (χ4n) is 1.92. The van der Waals surface area contributed by atoms with E-state index in [0.29, 0.717) is 32.0 Å². The molecule has 1 amide bonds. The van der Waals surface area contributed by atoms with Gasteiger partial charge in [-0.05, 0) is 0 Å². The van der Waals surface area contributed by atoms with Crippen molar-refractivity contribution in [3.05, 3.63) is 28.2 Å². The molecule has 2 rings (SSSR count). The lowest BCUT2D eigenvalue weighted by atomic mass is 10.3. The lowest BCUT2D eigenvalue weighted by Gasteiger charge is -2.26. The molecule has 0 atom stereocenters. The van der Waals surface area contributed by atoms with Crippen LogP contribution in [0.4, 0.5) is 0 Å². The third-order valence-corrected chi connectivity index (χ3v) is 3.04. The summed E-state index contributed by atoms with van der Waals surface area (Å²) in [5, 5.41) is 8.87. The average molecular weight is 282 g/mol. The summed E-state index contributed by atoms with van der Waals surface area (Å²) >= 11 is 0. The number of carbonyl (C=O) groups excluding carboxylic acids is 1. The number of hydrogen-bond acceptors (Lipinski definition) is 5. The molecule has 1 saturated heterocycles. The van der Waals surface area contributed by atoms with E-state index >= 15 is 0 Å². The Bertz CT molecular complexity index is 508. The van der Waals surface area contributed by atoms with Crippen LogP contribution in [-0.2, 0) is 16.1 Å². The van der Waals surface area contributed by atoms with Crippen LogP contribution in [0.1, 0.15) is 12.1 Å². The van der Waals surface area contributed by atoms with E-state index in [2.05, 4.69) is 4.98 Å². The minimum absolute atomic E-state index is 0.00305. The molecule has 1 aliphatic heterocycles. The number of nitrogens with one attached hydrogen (secondary N) is 1. The first kappa shape index (κ1) is 14.5. The van der Waals surface area contributed by atoms with Crippen molar-refractivity contribution >= 4 is 5.91 Å². The third-order valence-electron chi connectivity index (χ3n) is 3.04. The van der Waals surface area contributed by atoms with Gasteiger partial charge in [-0.2, -0.15) is 0 Å². The molecule has 2 N–H and O–H groups in total. The van der Waals surface area contributed by atoms with Crippen molar-refractivity contribution in [2.75, 3.05) is 32.9 Å². The molecule has 7 nitrogen and oxygen atoms in total. The second kappa shape index (κ2) is 7.06. The lowest BCUT2D eigenvalue weighted by molar-refractivity contribution is -0.135. The first-order chi connectivity index (χ1) is 9.70. The zero-order valence-electron chi connectivity index (χ0n) is 11.1. The van der Waals surface area contributed by atoms with Gasteiger partial charge in [0.15, 0.2) is 5.75 Å². The van der Waals surface area contributed by atoms with Gasteiger partial charge in [0.1, 0.15) is 0 Å². The Hall–Kier alpha value is -1.86. The van der Waals surface area contributed by atoms with Crippen molar-refractivity contribution in [2.45, 2.75) is 13.0 Å². The van der Waals surface area contributed by atoms with Crippen molar-refractivity contribution in [2.24, 2.45) is 0 Å². The molecule has 1 aromatic heterocycles. The molecular formula is C13H18N2O5. The molecule has 1 fully saturated rings. The Balaban J connectivity index is 1.80. The predicted octanol–water partition coefficient (Wildman–Crippen LogP) is -0.505. The largest absolute Gasteiger partial charge is 0.487 e. The summed E-state index contributed by atoms with van der Waals surface area (Å²) in [4.78, 5) is 27.9. The van der Waals surface area contributed by atoms with Crippen LogP contribution in [0.2, 0.25) is 0 Å². The number of H-pyrrole nitrogens is 1. The number of hydrogen-bond donors (Lipinski definition) is 2. The fraction of sp³-hybridized carbons (Fsp3) is 0.538. The topological polar surface area (TPSA) is 91.9 Å². The van der Waals surface area contributed by atoms with Crippen LogP contribution >= 0.6 is 0 Å². The number of aromatic amines is 1. The van der Waals surface area contributed by atoms with E-state index < -0.39 is 0 Å². The Labute approximate surface area is 116 Å². The summed E-state index contributed by atoms with van der Waals surface area (Å²) in [6.45, 7) is 2.25. The van der Waals surface area contributed by atoms with Gasteiger partial charge in [-0.25, -0.2) is 0 Å². The fourth-order valence-corrected chi connectivity index (χ4v) is 1.92. The number of ether oxygens (including phenoxy) is 2. The molecule has 0 aromatic carbocycles. The van der Waals surface area contributed by atoms with Gasteiger partial charge in [-0.1, -0.05) is 0 Å². The quantitative estimate of drug-likeness (QED) is 0.759. The number of morpholine rings is 1. The summed E-state index contributed by atoms with van der Waals surface area (Å²) in [5.41, 5.74) is 0.110. The molecule has 2 heterocycles. The molecule has 1 aliphatic rings. The number of aliphatic hydroxyl groups excluding tert-OH is 1. The molecule has 110 valence electrons. The highest BCUT2D eigenvalue weighted by Crippen LogP contribution is 2.04. The van der Waals surface area contributed by atoms with Gasteiger partial charge >= 0.3 is 0 Å². The van der Waals surface area contributed by atoms with Gasteiger partial charge in [0, 0.05) is 31.0 Å². The number of aromatic nitrogens is 1. The molecule has 0 aliphatic carbocycles. The predicted molar refractivity (Wildman–Crippen MR) is 70.5 cm³/mol. The number of amides is 1. The number of rotatable bonds is 5. The summed E-state index contributed by atoms with van der Waals surface area (Å²) in [6, 6.07) is 1.28. The third kappa shape index (κ3) is 3.82. The monoisotopic (exact) mass is 282 g/mol. The Morgan fingerprint density at radius 3 is 2.85 bits per heavy atom. The highest BCUT2D eigenvalue weighted by Gasteiger charge is 2.16. The number of carbonyl (C=O) groups is 1. The first-order valence-corrected chi connectivity index (χ1v) is 6.51. The van der Waals surface area contributed by atoms with Crippen LogP contribution in [0, 0.1) is 0 Å². The maximum atomic E-state index is 11.8. The van der Waals surface area contributed by atoms with Crippen molar-refractivity contribution in [3.8, 4) is 5.75 Å². The molecule has 0 spiro atoms.